The molecule has 0 spiro atoms. The Morgan fingerprint density at radius 1 is 0.938 bits per heavy atom. The Morgan fingerprint density at radius 3 is 2.47 bits per heavy atom. The van der Waals surface area contributed by atoms with Gasteiger partial charge in [0.25, 0.3) is 5.69 Å². The van der Waals surface area contributed by atoms with E-state index in [0.29, 0.717) is 17.6 Å². The minimum atomic E-state index is -0.422. The van der Waals surface area contributed by atoms with Gasteiger partial charge < -0.3 is 5.11 Å². The number of phenols is 1. The normalized spacial score (nSPS) is 11.0. The van der Waals surface area contributed by atoms with E-state index in [0.717, 1.165) is 27.9 Å². The molecule has 2 heterocycles. The van der Waals surface area contributed by atoms with E-state index in [9.17, 15) is 15.2 Å². The number of non-ortho nitro benzene ring substituents is 1. The molecule has 0 aliphatic heterocycles. The first kappa shape index (κ1) is 19.4. The molecule has 2 aromatic heterocycles. The van der Waals surface area contributed by atoms with Gasteiger partial charge in [-0.1, -0.05) is 36.4 Å². The molecule has 0 saturated heterocycles. The number of hydrogen-bond donors (Lipinski definition) is 1. The zero-order valence-electron chi connectivity index (χ0n) is 16.9. The first-order valence-corrected chi connectivity index (χ1v) is 10.0. The zero-order chi connectivity index (χ0) is 22.1. The van der Waals surface area contributed by atoms with Crippen LogP contribution >= 0.6 is 0 Å². The van der Waals surface area contributed by atoms with Gasteiger partial charge in [0.15, 0.2) is 0 Å². The number of nitrogens with zero attached hydrogens (tertiary/aromatic N) is 4. The van der Waals surface area contributed by atoms with Crippen molar-refractivity contribution in [3.8, 4) is 22.7 Å². The largest absolute Gasteiger partial charge is 0.505 e. The molecule has 7 heteroatoms. The Balaban J connectivity index is 1.59. The first-order chi connectivity index (χ1) is 15.6. The van der Waals surface area contributed by atoms with Crippen LogP contribution in [-0.2, 0) is 6.42 Å². The molecule has 3 aromatic carbocycles. The summed E-state index contributed by atoms with van der Waals surface area (Å²) in [5.74, 6) is 0.154. The van der Waals surface area contributed by atoms with Gasteiger partial charge >= 0.3 is 0 Å². The molecule has 5 rings (SSSR count). The summed E-state index contributed by atoms with van der Waals surface area (Å²) in [4.78, 5) is 14.9. The number of pyridine rings is 1. The van der Waals surface area contributed by atoms with Gasteiger partial charge in [0.1, 0.15) is 11.3 Å². The summed E-state index contributed by atoms with van der Waals surface area (Å²) in [5.41, 5.74) is 4.55. The number of nitro benzene ring substituents is 1. The molecule has 7 nitrogen and oxygen atoms in total. The van der Waals surface area contributed by atoms with Gasteiger partial charge in [0, 0.05) is 47.0 Å². The highest BCUT2D eigenvalue weighted by atomic mass is 16.6. The lowest BCUT2D eigenvalue weighted by atomic mass is 10.0. The lowest BCUT2D eigenvalue weighted by molar-refractivity contribution is -0.384. The van der Waals surface area contributed by atoms with Crippen LogP contribution in [0.25, 0.3) is 27.8 Å². The summed E-state index contributed by atoms with van der Waals surface area (Å²) in [6, 6.07) is 25.6. The predicted octanol–water partition coefficient (Wildman–Crippen LogP) is 5.29. The second-order valence-corrected chi connectivity index (χ2v) is 7.40. The van der Waals surface area contributed by atoms with Crippen LogP contribution in [0.4, 0.5) is 5.69 Å². The van der Waals surface area contributed by atoms with Crippen molar-refractivity contribution < 1.29 is 10.0 Å². The maximum Gasteiger partial charge on any atom is 0.269 e. The van der Waals surface area contributed by atoms with Crippen LogP contribution in [-0.4, -0.2) is 24.8 Å². The molecule has 5 aromatic rings. The third-order valence-corrected chi connectivity index (χ3v) is 5.36. The second-order valence-electron chi connectivity index (χ2n) is 7.40. The number of aromatic hydroxyl groups is 1. The van der Waals surface area contributed by atoms with E-state index in [-0.39, 0.29) is 11.4 Å². The molecule has 0 atom stereocenters. The van der Waals surface area contributed by atoms with Crippen LogP contribution in [0.5, 0.6) is 5.75 Å². The van der Waals surface area contributed by atoms with E-state index in [1.54, 1.807) is 18.3 Å². The van der Waals surface area contributed by atoms with Gasteiger partial charge in [0.2, 0.25) is 0 Å². The third-order valence-electron chi connectivity index (χ3n) is 5.36. The highest BCUT2D eigenvalue weighted by molar-refractivity contribution is 5.85. The Labute approximate surface area is 183 Å². The summed E-state index contributed by atoms with van der Waals surface area (Å²) in [7, 11) is 0. The average molecular weight is 422 g/mol. The van der Waals surface area contributed by atoms with Gasteiger partial charge in [-0.25, -0.2) is 4.68 Å². The number of hydrogen-bond acceptors (Lipinski definition) is 5. The number of benzene rings is 3. The second kappa shape index (κ2) is 7.96. The first-order valence-electron chi connectivity index (χ1n) is 10.0. The van der Waals surface area contributed by atoms with Crippen molar-refractivity contribution in [1.29, 1.82) is 0 Å². The van der Waals surface area contributed by atoms with Gasteiger partial charge in [-0.15, -0.1) is 0 Å². The summed E-state index contributed by atoms with van der Waals surface area (Å²) in [6.45, 7) is 0. The summed E-state index contributed by atoms with van der Waals surface area (Å²) >= 11 is 0. The van der Waals surface area contributed by atoms with Crippen LogP contribution in [0.2, 0.25) is 0 Å². The van der Waals surface area contributed by atoms with Gasteiger partial charge in [-0.2, -0.15) is 5.10 Å². The van der Waals surface area contributed by atoms with Crippen molar-refractivity contribution in [2.24, 2.45) is 0 Å². The van der Waals surface area contributed by atoms with Crippen LogP contribution in [0, 0.1) is 10.1 Å². The quantitative estimate of drug-likeness (QED) is 0.307. The van der Waals surface area contributed by atoms with Crippen molar-refractivity contribution in [3.05, 3.63) is 112 Å². The van der Waals surface area contributed by atoms with E-state index >= 15 is 0 Å². The van der Waals surface area contributed by atoms with Crippen LogP contribution in [0.15, 0.2) is 91.1 Å². The lowest BCUT2D eigenvalue weighted by Gasteiger charge is -2.10. The van der Waals surface area contributed by atoms with Crippen molar-refractivity contribution in [2.45, 2.75) is 6.42 Å². The molecule has 0 bridgehead atoms. The smallest absolute Gasteiger partial charge is 0.269 e. The van der Waals surface area contributed by atoms with E-state index in [4.69, 9.17) is 5.10 Å². The van der Waals surface area contributed by atoms with E-state index in [1.807, 2.05) is 65.3 Å². The topological polar surface area (TPSA) is 94.1 Å². The maximum absolute atomic E-state index is 11.0. The summed E-state index contributed by atoms with van der Waals surface area (Å²) < 4.78 is 1.83. The van der Waals surface area contributed by atoms with Gasteiger partial charge in [-0.3, -0.25) is 15.1 Å². The molecule has 0 fully saturated rings. The highest BCUT2D eigenvalue weighted by Gasteiger charge is 2.16. The Bertz CT molecular complexity index is 1430. The summed E-state index contributed by atoms with van der Waals surface area (Å²) in [6.07, 6.45) is 2.10. The van der Waals surface area contributed by atoms with Crippen molar-refractivity contribution in [3.63, 3.8) is 0 Å². The number of rotatable bonds is 5. The standard InChI is InChI=1S/C25H18N4O3/c30-25-19(9-8-18-5-4-14-26-24(18)25)15-22-16-23(17-10-12-21(13-11-17)29(31)32)27-28(22)20-6-2-1-3-7-20/h1-14,16,30H,15H2. The fraction of sp³-hybridized carbons (Fsp3) is 0.0400. The monoisotopic (exact) mass is 422 g/mol. The molecule has 1 N–H and O–H groups in total. The number of aromatic nitrogens is 3. The minimum absolute atomic E-state index is 0.0325. The van der Waals surface area contributed by atoms with Crippen LogP contribution < -0.4 is 0 Å². The molecule has 0 aliphatic rings. The molecular weight excluding hydrogens is 404 g/mol. The molecule has 32 heavy (non-hydrogen) atoms. The van der Waals surface area contributed by atoms with E-state index < -0.39 is 4.92 Å². The predicted molar refractivity (Wildman–Crippen MR) is 122 cm³/mol. The Kier molecular flexibility index (Phi) is 4.84. The van der Waals surface area contributed by atoms with Crippen molar-refractivity contribution in [2.75, 3.05) is 0 Å². The molecule has 0 unspecified atom stereocenters. The molecule has 0 aliphatic carbocycles. The third kappa shape index (κ3) is 3.56. The fourth-order valence-corrected chi connectivity index (χ4v) is 3.74. The van der Waals surface area contributed by atoms with Gasteiger partial charge in [-0.05, 0) is 36.4 Å². The van der Waals surface area contributed by atoms with E-state index in [2.05, 4.69) is 4.98 Å². The van der Waals surface area contributed by atoms with Crippen molar-refractivity contribution >= 4 is 16.6 Å². The number of nitro groups is 1. The summed E-state index contributed by atoms with van der Waals surface area (Å²) in [5, 5.41) is 27.4. The van der Waals surface area contributed by atoms with Crippen LogP contribution in [0.3, 0.4) is 0 Å². The Hall–Kier alpha value is -4.52. The average Bonchev–Trinajstić information content (AvgIpc) is 3.25. The highest BCUT2D eigenvalue weighted by Crippen LogP contribution is 2.31. The maximum atomic E-state index is 11.0. The molecule has 0 amide bonds. The molecule has 156 valence electrons. The SMILES string of the molecule is O=[N+]([O-])c1ccc(-c2cc(Cc3ccc4cccnc4c3O)n(-c3ccccc3)n2)cc1. The van der Waals surface area contributed by atoms with Gasteiger partial charge in [0.05, 0.1) is 16.3 Å². The van der Waals surface area contributed by atoms with E-state index in [1.165, 1.54) is 12.1 Å². The minimum Gasteiger partial charge on any atom is -0.505 e. The van der Waals surface area contributed by atoms with Crippen molar-refractivity contribution in [1.82, 2.24) is 14.8 Å². The molecule has 0 radical (unpaired) electrons. The Morgan fingerprint density at radius 2 is 1.72 bits per heavy atom. The number of phenolic OH excluding ortho intramolecular Hbond substituents is 1. The fourth-order valence-electron chi connectivity index (χ4n) is 3.74. The number of para-hydroxylation sites is 1. The lowest BCUT2D eigenvalue weighted by Crippen LogP contribution is -2.03. The molecular formula is C25H18N4O3. The zero-order valence-corrected chi connectivity index (χ0v) is 16.9. The molecule has 0 saturated carbocycles. The van der Waals surface area contributed by atoms with Crippen LogP contribution in [0.1, 0.15) is 11.3 Å². The number of fused-ring (bicyclic) bond motifs is 1.